The number of nitrogens with zero attached hydrogens (tertiary/aromatic N) is 1. The molecule has 2 aliphatic heterocycles. The first kappa shape index (κ1) is 16.4. The molecule has 26 heavy (non-hydrogen) atoms. The second-order valence-electron chi connectivity index (χ2n) is 8.23. The number of hydrogen-bond acceptors (Lipinski definition) is 5. The van der Waals surface area contributed by atoms with Crippen LogP contribution in [-0.4, -0.2) is 37.2 Å². The minimum Gasteiger partial charge on any atom is -0.489 e. The molecule has 1 unspecified atom stereocenters. The van der Waals surface area contributed by atoms with Crippen LogP contribution in [0.1, 0.15) is 56.9 Å². The normalized spacial score (nSPS) is 28.4. The topological polar surface area (TPSA) is 49.3 Å². The van der Waals surface area contributed by atoms with Gasteiger partial charge in [-0.15, -0.1) is 0 Å². The zero-order chi connectivity index (χ0) is 17.4. The SMILES string of the molecule is c1cc(OC2CCCC2)c(OCC2CC2)cc1C1=NOC2(CCOC2)C1. The van der Waals surface area contributed by atoms with Crippen molar-refractivity contribution in [2.45, 2.75) is 63.1 Å². The molecule has 5 heteroatoms. The van der Waals surface area contributed by atoms with Crippen molar-refractivity contribution in [3.63, 3.8) is 0 Å². The van der Waals surface area contributed by atoms with E-state index < -0.39 is 0 Å². The Morgan fingerprint density at radius 2 is 2.00 bits per heavy atom. The second-order valence-corrected chi connectivity index (χ2v) is 8.23. The van der Waals surface area contributed by atoms with E-state index in [0.29, 0.717) is 18.6 Å². The quantitative estimate of drug-likeness (QED) is 0.770. The summed E-state index contributed by atoms with van der Waals surface area (Å²) in [6, 6.07) is 6.23. The van der Waals surface area contributed by atoms with E-state index in [0.717, 1.165) is 61.7 Å². The maximum absolute atomic E-state index is 6.25. The van der Waals surface area contributed by atoms with Crippen LogP contribution >= 0.6 is 0 Å². The number of ether oxygens (including phenoxy) is 3. The average molecular weight is 357 g/mol. The molecule has 5 rings (SSSR count). The second kappa shape index (κ2) is 6.76. The molecule has 0 N–H and O–H groups in total. The van der Waals surface area contributed by atoms with Gasteiger partial charge in [-0.2, -0.15) is 0 Å². The minimum absolute atomic E-state index is 0.247. The van der Waals surface area contributed by atoms with Gasteiger partial charge in [0.05, 0.1) is 31.6 Å². The van der Waals surface area contributed by atoms with Crippen molar-refractivity contribution in [3.8, 4) is 11.5 Å². The number of hydrogen-bond donors (Lipinski definition) is 0. The summed E-state index contributed by atoms with van der Waals surface area (Å²) in [6.45, 7) is 2.17. The van der Waals surface area contributed by atoms with Crippen molar-refractivity contribution in [2.75, 3.05) is 19.8 Å². The fourth-order valence-corrected chi connectivity index (χ4v) is 4.05. The van der Waals surface area contributed by atoms with Crippen molar-refractivity contribution < 1.29 is 19.0 Å². The molecule has 2 saturated carbocycles. The summed E-state index contributed by atoms with van der Waals surface area (Å²) in [5.74, 6) is 2.44. The van der Waals surface area contributed by atoms with Crippen molar-refractivity contribution in [2.24, 2.45) is 11.1 Å². The monoisotopic (exact) mass is 357 g/mol. The zero-order valence-corrected chi connectivity index (χ0v) is 15.2. The number of rotatable bonds is 6. The van der Waals surface area contributed by atoms with Crippen LogP contribution in [0.3, 0.4) is 0 Å². The van der Waals surface area contributed by atoms with Gasteiger partial charge in [0.15, 0.2) is 17.1 Å². The number of benzene rings is 1. The molecule has 1 spiro atoms. The first-order valence-corrected chi connectivity index (χ1v) is 10.1. The Bertz CT molecular complexity index is 685. The van der Waals surface area contributed by atoms with Crippen LogP contribution in [0, 0.1) is 5.92 Å². The van der Waals surface area contributed by atoms with Crippen LogP contribution in [0.25, 0.3) is 0 Å². The fourth-order valence-electron chi connectivity index (χ4n) is 4.05. The highest BCUT2D eigenvalue weighted by Gasteiger charge is 2.43. The van der Waals surface area contributed by atoms with E-state index in [2.05, 4.69) is 23.4 Å². The molecule has 5 nitrogen and oxygen atoms in total. The van der Waals surface area contributed by atoms with Gasteiger partial charge < -0.3 is 19.0 Å². The van der Waals surface area contributed by atoms with E-state index in [-0.39, 0.29) is 5.60 Å². The van der Waals surface area contributed by atoms with Gasteiger partial charge in [-0.3, -0.25) is 0 Å². The van der Waals surface area contributed by atoms with E-state index >= 15 is 0 Å². The summed E-state index contributed by atoms with van der Waals surface area (Å²) in [5, 5.41) is 4.36. The van der Waals surface area contributed by atoms with E-state index in [4.69, 9.17) is 19.0 Å². The van der Waals surface area contributed by atoms with Crippen LogP contribution in [0.5, 0.6) is 11.5 Å². The van der Waals surface area contributed by atoms with Crippen LogP contribution in [0.2, 0.25) is 0 Å². The highest BCUT2D eigenvalue weighted by molar-refractivity contribution is 6.02. The van der Waals surface area contributed by atoms with Gasteiger partial charge in [-0.25, -0.2) is 0 Å². The van der Waals surface area contributed by atoms with E-state index in [1.54, 1.807) is 0 Å². The van der Waals surface area contributed by atoms with Crippen LogP contribution in [-0.2, 0) is 9.57 Å². The molecule has 4 aliphatic rings. The molecule has 2 aliphatic carbocycles. The van der Waals surface area contributed by atoms with Gasteiger partial charge >= 0.3 is 0 Å². The molecular formula is C21H27NO4. The zero-order valence-electron chi connectivity index (χ0n) is 15.2. The Kier molecular flexibility index (Phi) is 4.27. The average Bonchev–Trinajstić information content (AvgIpc) is 3.06. The van der Waals surface area contributed by atoms with Gasteiger partial charge in [0, 0.05) is 18.4 Å². The van der Waals surface area contributed by atoms with Crippen molar-refractivity contribution in [3.05, 3.63) is 23.8 Å². The maximum atomic E-state index is 6.25. The summed E-state index contributed by atoms with van der Waals surface area (Å²) >= 11 is 0. The predicted octanol–water partition coefficient (Wildman–Crippen LogP) is 4.08. The lowest BCUT2D eigenvalue weighted by molar-refractivity contribution is -0.0237. The molecule has 2 heterocycles. The molecule has 140 valence electrons. The molecule has 3 fully saturated rings. The summed E-state index contributed by atoms with van der Waals surface area (Å²) < 4.78 is 17.9. The molecule has 1 atom stereocenters. The lowest BCUT2D eigenvalue weighted by Crippen LogP contribution is -2.29. The van der Waals surface area contributed by atoms with E-state index in [9.17, 15) is 0 Å². The predicted molar refractivity (Wildman–Crippen MR) is 98.0 cm³/mol. The molecular weight excluding hydrogens is 330 g/mol. The molecule has 1 aromatic carbocycles. The lowest BCUT2D eigenvalue weighted by atomic mass is 9.93. The first-order valence-electron chi connectivity index (χ1n) is 10.1. The van der Waals surface area contributed by atoms with Gasteiger partial charge in [-0.05, 0) is 62.6 Å². The molecule has 1 aromatic rings. The van der Waals surface area contributed by atoms with Crippen LogP contribution in [0.15, 0.2) is 23.4 Å². The van der Waals surface area contributed by atoms with Crippen molar-refractivity contribution >= 4 is 5.71 Å². The Hall–Kier alpha value is -1.75. The smallest absolute Gasteiger partial charge is 0.168 e. The molecule has 1 saturated heterocycles. The Morgan fingerprint density at radius 3 is 2.77 bits per heavy atom. The van der Waals surface area contributed by atoms with Crippen molar-refractivity contribution in [1.29, 1.82) is 0 Å². The Balaban J connectivity index is 1.35. The van der Waals surface area contributed by atoms with Gasteiger partial charge in [0.25, 0.3) is 0 Å². The largest absolute Gasteiger partial charge is 0.489 e. The van der Waals surface area contributed by atoms with Gasteiger partial charge in [0.2, 0.25) is 0 Å². The summed E-state index contributed by atoms with van der Waals surface area (Å²) in [7, 11) is 0. The highest BCUT2D eigenvalue weighted by atomic mass is 16.7. The van der Waals surface area contributed by atoms with E-state index in [1.807, 2.05) is 0 Å². The third kappa shape index (κ3) is 3.41. The standard InChI is InChI=1S/C21H27NO4/c1-2-4-17(3-1)25-19-8-7-16(11-20(19)24-13-15-5-6-15)18-12-21(26-22-18)9-10-23-14-21/h7-8,11,15,17H,1-6,9-10,12-14H2. The minimum atomic E-state index is -0.247. The first-order chi connectivity index (χ1) is 12.8. The van der Waals surface area contributed by atoms with Gasteiger partial charge in [0.1, 0.15) is 0 Å². The summed E-state index contributed by atoms with van der Waals surface area (Å²) in [4.78, 5) is 5.75. The maximum Gasteiger partial charge on any atom is 0.168 e. The Morgan fingerprint density at radius 1 is 1.12 bits per heavy atom. The lowest BCUT2D eigenvalue weighted by Gasteiger charge is -2.18. The molecule has 0 bridgehead atoms. The van der Waals surface area contributed by atoms with E-state index in [1.165, 1.54) is 25.7 Å². The molecule has 0 aromatic heterocycles. The highest BCUT2D eigenvalue weighted by Crippen LogP contribution is 2.38. The Labute approximate surface area is 154 Å². The fraction of sp³-hybridized carbons (Fsp3) is 0.667. The van der Waals surface area contributed by atoms with Crippen LogP contribution in [0.4, 0.5) is 0 Å². The third-order valence-electron chi connectivity index (χ3n) is 5.95. The summed E-state index contributed by atoms with van der Waals surface area (Å²) in [6.07, 6.45) is 9.42. The summed E-state index contributed by atoms with van der Waals surface area (Å²) in [5.41, 5.74) is 1.81. The van der Waals surface area contributed by atoms with Crippen LogP contribution < -0.4 is 9.47 Å². The van der Waals surface area contributed by atoms with Crippen molar-refractivity contribution in [1.82, 2.24) is 0 Å². The molecule has 0 amide bonds. The third-order valence-corrected chi connectivity index (χ3v) is 5.95. The molecule has 0 radical (unpaired) electrons. The van der Waals surface area contributed by atoms with Gasteiger partial charge in [-0.1, -0.05) is 5.16 Å². The number of oxime groups is 1.